The summed E-state index contributed by atoms with van der Waals surface area (Å²) in [6, 6.07) is 11.4. The Morgan fingerprint density at radius 2 is 1.77 bits per heavy atom. The Balaban J connectivity index is 1.19. The smallest absolute Gasteiger partial charge is 0.320 e. The standard InChI is InChI=1S/C28H36N4O3/c33-25-16-24(22-6-2-1-3-7-22)29-20-32(25)19-28(35)13-15-31(18-27(28)11-4-5-12-27)26(34)30-14-10-23(17-30)21-8-9-21/h1-3,6-7,16,20-21,23,35H,4-5,8-15,17-19H2. The third kappa shape index (κ3) is 4.18. The monoisotopic (exact) mass is 476 g/mol. The number of nitrogens with zero attached hydrogens (tertiary/aromatic N) is 4. The van der Waals surface area contributed by atoms with Crippen molar-refractivity contribution in [1.29, 1.82) is 0 Å². The van der Waals surface area contributed by atoms with Crippen molar-refractivity contribution in [2.75, 3.05) is 26.2 Å². The maximum absolute atomic E-state index is 13.4. The number of hydrogen-bond donors (Lipinski definition) is 1. The molecule has 186 valence electrons. The normalized spacial score (nSPS) is 28.1. The number of carbonyl (C=O) groups is 1. The summed E-state index contributed by atoms with van der Waals surface area (Å²) in [5.74, 6) is 1.51. The third-order valence-corrected chi connectivity index (χ3v) is 9.27. The van der Waals surface area contributed by atoms with Crippen LogP contribution in [-0.4, -0.2) is 62.3 Å². The number of amides is 2. The summed E-state index contributed by atoms with van der Waals surface area (Å²) in [5, 5.41) is 12.0. The number of aliphatic hydroxyl groups is 1. The van der Waals surface area contributed by atoms with Gasteiger partial charge in [0.2, 0.25) is 0 Å². The minimum Gasteiger partial charge on any atom is -0.387 e. The van der Waals surface area contributed by atoms with E-state index in [1.165, 1.54) is 12.8 Å². The van der Waals surface area contributed by atoms with E-state index in [4.69, 9.17) is 0 Å². The Bertz CT molecular complexity index is 1140. The second kappa shape index (κ2) is 8.77. The van der Waals surface area contributed by atoms with Gasteiger partial charge in [-0.2, -0.15) is 0 Å². The Morgan fingerprint density at radius 1 is 1.00 bits per heavy atom. The molecule has 7 heteroatoms. The van der Waals surface area contributed by atoms with Crippen LogP contribution in [0.15, 0.2) is 47.5 Å². The highest BCUT2D eigenvalue weighted by Gasteiger charge is 2.56. The SMILES string of the molecule is O=C(N1CCC(C2CC2)C1)N1CCC(O)(Cn2cnc(-c3ccccc3)cc2=O)C2(CCCC2)C1. The summed E-state index contributed by atoms with van der Waals surface area (Å²) in [6.45, 7) is 3.10. The molecule has 0 bridgehead atoms. The fraction of sp³-hybridized carbons (Fsp3) is 0.607. The minimum atomic E-state index is -1.03. The van der Waals surface area contributed by atoms with Crippen LogP contribution in [0, 0.1) is 17.3 Å². The summed E-state index contributed by atoms with van der Waals surface area (Å²) in [7, 11) is 0. The van der Waals surface area contributed by atoms with Crippen molar-refractivity contribution in [3.63, 3.8) is 0 Å². The van der Waals surface area contributed by atoms with E-state index in [0.29, 0.717) is 31.1 Å². The number of hydrogen-bond acceptors (Lipinski definition) is 4. The number of likely N-dealkylation sites (tertiary alicyclic amines) is 2. The zero-order valence-corrected chi connectivity index (χ0v) is 20.4. The fourth-order valence-corrected chi connectivity index (χ4v) is 6.97. The highest BCUT2D eigenvalue weighted by atomic mass is 16.3. The lowest BCUT2D eigenvalue weighted by molar-refractivity contribution is -0.136. The molecule has 35 heavy (non-hydrogen) atoms. The average Bonchev–Trinajstić information content (AvgIpc) is 3.40. The summed E-state index contributed by atoms with van der Waals surface area (Å²) in [5.41, 5.74) is 0.00261. The lowest BCUT2D eigenvalue weighted by Gasteiger charge is -2.52. The predicted molar refractivity (Wildman–Crippen MR) is 134 cm³/mol. The molecule has 1 N–H and O–H groups in total. The molecular formula is C28H36N4O3. The number of rotatable bonds is 4. The summed E-state index contributed by atoms with van der Waals surface area (Å²) < 4.78 is 1.56. The molecule has 2 aliphatic carbocycles. The van der Waals surface area contributed by atoms with Gasteiger partial charge >= 0.3 is 6.03 Å². The topological polar surface area (TPSA) is 78.7 Å². The Morgan fingerprint density at radius 3 is 2.49 bits per heavy atom. The molecule has 0 radical (unpaired) electrons. The summed E-state index contributed by atoms with van der Waals surface area (Å²) >= 11 is 0. The number of aromatic nitrogens is 2. The van der Waals surface area contributed by atoms with Crippen LogP contribution in [0.25, 0.3) is 11.3 Å². The van der Waals surface area contributed by atoms with Crippen LogP contribution in [0.5, 0.6) is 0 Å². The molecule has 4 fully saturated rings. The van der Waals surface area contributed by atoms with E-state index < -0.39 is 5.60 Å². The molecule has 4 aliphatic rings. The van der Waals surface area contributed by atoms with Crippen molar-refractivity contribution in [2.24, 2.45) is 17.3 Å². The van der Waals surface area contributed by atoms with Gasteiger partial charge in [-0.15, -0.1) is 0 Å². The number of benzene rings is 1. The van der Waals surface area contributed by atoms with Gasteiger partial charge in [0, 0.05) is 43.2 Å². The molecule has 1 spiro atoms. The second-order valence-electron chi connectivity index (χ2n) is 11.4. The van der Waals surface area contributed by atoms with E-state index in [0.717, 1.165) is 56.7 Å². The van der Waals surface area contributed by atoms with Gasteiger partial charge < -0.3 is 14.9 Å². The Kier molecular flexibility index (Phi) is 5.71. The molecule has 2 aromatic rings. The van der Waals surface area contributed by atoms with Crippen molar-refractivity contribution in [3.8, 4) is 11.3 Å². The van der Waals surface area contributed by atoms with Gasteiger partial charge in [-0.05, 0) is 50.4 Å². The number of urea groups is 1. The highest BCUT2D eigenvalue weighted by molar-refractivity contribution is 5.75. The van der Waals surface area contributed by atoms with Crippen LogP contribution in [0.3, 0.4) is 0 Å². The Labute approximate surface area is 206 Å². The Hall–Kier alpha value is -2.67. The first-order chi connectivity index (χ1) is 17.0. The van der Waals surface area contributed by atoms with Gasteiger partial charge in [0.15, 0.2) is 0 Å². The molecule has 2 saturated carbocycles. The van der Waals surface area contributed by atoms with E-state index in [1.54, 1.807) is 17.0 Å². The van der Waals surface area contributed by atoms with Gasteiger partial charge in [0.05, 0.1) is 24.2 Å². The maximum Gasteiger partial charge on any atom is 0.320 e. The fourth-order valence-electron chi connectivity index (χ4n) is 6.97. The van der Waals surface area contributed by atoms with E-state index in [2.05, 4.69) is 4.98 Å². The summed E-state index contributed by atoms with van der Waals surface area (Å²) in [6.07, 6.45) is 9.74. The van der Waals surface area contributed by atoms with Crippen LogP contribution in [0.4, 0.5) is 4.79 Å². The lowest BCUT2D eigenvalue weighted by atomic mass is 9.66. The van der Waals surface area contributed by atoms with E-state index in [1.807, 2.05) is 40.1 Å². The predicted octanol–water partition coefficient (Wildman–Crippen LogP) is 3.76. The first-order valence-electron chi connectivity index (χ1n) is 13.3. The second-order valence-corrected chi connectivity index (χ2v) is 11.4. The van der Waals surface area contributed by atoms with Crippen LogP contribution in [0.1, 0.15) is 51.4 Å². The molecule has 1 aromatic heterocycles. The van der Waals surface area contributed by atoms with Crippen LogP contribution < -0.4 is 5.56 Å². The zero-order chi connectivity index (χ0) is 24.0. The molecule has 2 saturated heterocycles. The molecule has 2 unspecified atom stereocenters. The summed E-state index contributed by atoms with van der Waals surface area (Å²) in [4.78, 5) is 35.0. The van der Waals surface area contributed by atoms with Crippen LogP contribution in [0.2, 0.25) is 0 Å². The average molecular weight is 477 g/mol. The van der Waals surface area contributed by atoms with E-state index >= 15 is 0 Å². The van der Waals surface area contributed by atoms with Gasteiger partial charge in [0.1, 0.15) is 0 Å². The maximum atomic E-state index is 13.4. The van der Waals surface area contributed by atoms with Crippen LogP contribution in [-0.2, 0) is 6.54 Å². The molecule has 2 atom stereocenters. The molecule has 1 aromatic carbocycles. The lowest BCUT2D eigenvalue weighted by Crippen LogP contribution is -2.63. The van der Waals surface area contributed by atoms with Crippen molar-refractivity contribution < 1.29 is 9.90 Å². The molecular weight excluding hydrogens is 440 g/mol. The quantitative estimate of drug-likeness (QED) is 0.729. The van der Waals surface area contributed by atoms with Gasteiger partial charge in [0.25, 0.3) is 5.56 Å². The van der Waals surface area contributed by atoms with Gasteiger partial charge in [-0.3, -0.25) is 9.36 Å². The van der Waals surface area contributed by atoms with Crippen LogP contribution >= 0.6 is 0 Å². The van der Waals surface area contributed by atoms with E-state index in [-0.39, 0.29) is 23.6 Å². The van der Waals surface area contributed by atoms with Crippen molar-refractivity contribution in [2.45, 2.75) is 63.5 Å². The van der Waals surface area contributed by atoms with E-state index in [9.17, 15) is 14.7 Å². The molecule has 7 nitrogen and oxygen atoms in total. The first kappa shape index (κ1) is 22.8. The zero-order valence-electron chi connectivity index (χ0n) is 20.4. The van der Waals surface area contributed by atoms with Gasteiger partial charge in [-0.25, -0.2) is 9.78 Å². The first-order valence-corrected chi connectivity index (χ1v) is 13.3. The highest BCUT2D eigenvalue weighted by Crippen LogP contribution is 2.52. The number of carbonyl (C=O) groups excluding carboxylic acids is 1. The van der Waals surface area contributed by atoms with Crippen molar-refractivity contribution in [3.05, 3.63) is 53.1 Å². The third-order valence-electron chi connectivity index (χ3n) is 9.27. The van der Waals surface area contributed by atoms with Gasteiger partial charge in [-0.1, -0.05) is 43.2 Å². The molecule has 3 heterocycles. The minimum absolute atomic E-state index is 0.146. The molecule has 2 amide bonds. The largest absolute Gasteiger partial charge is 0.387 e. The number of piperidine rings is 1. The molecule has 6 rings (SSSR count). The molecule has 2 aliphatic heterocycles. The van der Waals surface area contributed by atoms with Crippen molar-refractivity contribution >= 4 is 6.03 Å². The van der Waals surface area contributed by atoms with Crippen molar-refractivity contribution in [1.82, 2.24) is 19.4 Å².